The first-order chi connectivity index (χ1) is 11.0. The van der Waals surface area contributed by atoms with Crippen LogP contribution in [0, 0.1) is 0 Å². The van der Waals surface area contributed by atoms with Gasteiger partial charge < -0.3 is 5.32 Å². The third kappa shape index (κ3) is 4.82. The summed E-state index contributed by atoms with van der Waals surface area (Å²) in [5, 5.41) is 3.10. The van der Waals surface area contributed by atoms with E-state index < -0.39 is 5.54 Å². The van der Waals surface area contributed by atoms with E-state index >= 15 is 0 Å². The van der Waals surface area contributed by atoms with Crippen LogP contribution in [0.15, 0.2) is 60.7 Å². The van der Waals surface area contributed by atoms with E-state index in [0.717, 1.165) is 24.0 Å². The van der Waals surface area contributed by atoms with Crippen LogP contribution in [0.4, 0.5) is 0 Å². The molecule has 0 saturated carbocycles. The Hall–Kier alpha value is -2.35. The first-order valence-electron chi connectivity index (χ1n) is 8.17. The van der Waals surface area contributed by atoms with Crippen molar-refractivity contribution in [3.8, 4) is 0 Å². The summed E-state index contributed by atoms with van der Waals surface area (Å²) in [7, 11) is 0. The Balaban J connectivity index is 2.06. The molecule has 2 nitrogen and oxygen atoms in total. The molecule has 2 aromatic carbocycles. The molecule has 0 fully saturated rings. The summed E-state index contributed by atoms with van der Waals surface area (Å²) in [4.78, 5) is 12.5. The topological polar surface area (TPSA) is 29.1 Å². The predicted molar refractivity (Wildman–Crippen MR) is 97.3 cm³/mol. The van der Waals surface area contributed by atoms with Crippen molar-refractivity contribution in [2.75, 3.05) is 0 Å². The molecule has 0 aliphatic heterocycles. The third-order valence-electron chi connectivity index (χ3n) is 3.86. The first kappa shape index (κ1) is 17.0. The SMILES string of the molecule is CCCC=Cc1ccc(C(=O)NC(C)(C)c2ccccc2)cc1. The normalized spacial score (nSPS) is 11.6. The molecule has 0 radical (unpaired) electrons. The lowest BCUT2D eigenvalue weighted by Gasteiger charge is -2.27. The second-order valence-electron chi connectivity index (χ2n) is 6.26. The van der Waals surface area contributed by atoms with E-state index in [-0.39, 0.29) is 5.91 Å². The smallest absolute Gasteiger partial charge is 0.251 e. The molecular weight excluding hydrogens is 282 g/mol. The average Bonchev–Trinajstić information content (AvgIpc) is 2.56. The average molecular weight is 307 g/mol. The largest absolute Gasteiger partial charge is 0.343 e. The number of allylic oxidation sites excluding steroid dienone is 1. The Bertz CT molecular complexity index is 654. The number of nitrogens with one attached hydrogen (secondary N) is 1. The van der Waals surface area contributed by atoms with Crippen LogP contribution in [0.3, 0.4) is 0 Å². The maximum atomic E-state index is 12.5. The van der Waals surface area contributed by atoms with Crippen molar-refractivity contribution in [3.05, 3.63) is 77.4 Å². The number of amides is 1. The molecule has 0 aliphatic rings. The van der Waals surface area contributed by atoms with Crippen molar-refractivity contribution in [1.29, 1.82) is 0 Å². The second kappa shape index (κ2) is 7.77. The number of benzene rings is 2. The molecule has 0 aliphatic carbocycles. The summed E-state index contributed by atoms with van der Waals surface area (Å²) < 4.78 is 0. The Morgan fingerprint density at radius 3 is 2.30 bits per heavy atom. The van der Waals surface area contributed by atoms with Crippen molar-refractivity contribution >= 4 is 12.0 Å². The molecule has 0 aromatic heterocycles. The third-order valence-corrected chi connectivity index (χ3v) is 3.86. The predicted octanol–water partition coefficient (Wildman–Crippen LogP) is 5.17. The van der Waals surface area contributed by atoms with E-state index in [9.17, 15) is 4.79 Å². The maximum absolute atomic E-state index is 12.5. The molecule has 2 heteroatoms. The minimum atomic E-state index is -0.405. The van der Waals surface area contributed by atoms with Crippen LogP contribution in [-0.4, -0.2) is 5.91 Å². The maximum Gasteiger partial charge on any atom is 0.251 e. The molecule has 0 saturated heterocycles. The Labute approximate surface area is 139 Å². The molecule has 1 amide bonds. The highest BCUT2D eigenvalue weighted by atomic mass is 16.1. The molecule has 0 heterocycles. The summed E-state index contributed by atoms with van der Waals surface area (Å²) in [6.07, 6.45) is 6.48. The number of hydrogen-bond acceptors (Lipinski definition) is 1. The van der Waals surface area contributed by atoms with Crippen LogP contribution in [-0.2, 0) is 5.54 Å². The number of unbranched alkanes of at least 4 members (excludes halogenated alkanes) is 1. The summed E-state index contributed by atoms with van der Waals surface area (Å²) >= 11 is 0. The molecule has 2 rings (SSSR count). The summed E-state index contributed by atoms with van der Waals surface area (Å²) in [6, 6.07) is 17.7. The quantitative estimate of drug-likeness (QED) is 0.784. The molecule has 0 bridgehead atoms. The van der Waals surface area contributed by atoms with Gasteiger partial charge >= 0.3 is 0 Å². The molecule has 120 valence electrons. The molecule has 1 N–H and O–H groups in total. The van der Waals surface area contributed by atoms with E-state index in [1.54, 1.807) is 0 Å². The molecule has 0 atom stereocenters. The first-order valence-corrected chi connectivity index (χ1v) is 8.17. The number of hydrogen-bond donors (Lipinski definition) is 1. The fourth-order valence-corrected chi connectivity index (χ4v) is 2.41. The summed E-state index contributed by atoms with van der Waals surface area (Å²) in [5.74, 6) is -0.0528. The van der Waals surface area contributed by atoms with Gasteiger partial charge in [-0.1, -0.05) is 68.0 Å². The molecular formula is C21H25NO. The van der Waals surface area contributed by atoms with Gasteiger partial charge in [-0.3, -0.25) is 4.79 Å². The van der Waals surface area contributed by atoms with Crippen molar-refractivity contribution in [3.63, 3.8) is 0 Å². The van der Waals surface area contributed by atoms with E-state index in [0.29, 0.717) is 5.56 Å². The van der Waals surface area contributed by atoms with Gasteiger partial charge in [0.25, 0.3) is 5.91 Å². The van der Waals surface area contributed by atoms with E-state index in [2.05, 4.69) is 24.4 Å². The number of carbonyl (C=O) groups is 1. The fraction of sp³-hybridized carbons (Fsp3) is 0.286. The van der Waals surface area contributed by atoms with Gasteiger partial charge in [-0.15, -0.1) is 0 Å². The van der Waals surface area contributed by atoms with Crippen LogP contribution < -0.4 is 5.32 Å². The Kier molecular flexibility index (Phi) is 5.75. The summed E-state index contributed by atoms with van der Waals surface area (Å²) in [5.41, 5.74) is 2.49. The minimum absolute atomic E-state index is 0.0528. The Morgan fingerprint density at radius 1 is 1.04 bits per heavy atom. The second-order valence-corrected chi connectivity index (χ2v) is 6.26. The van der Waals surface area contributed by atoms with Crippen LogP contribution in [0.25, 0.3) is 6.08 Å². The standard InChI is InChI=1S/C21H25NO/c1-4-5-7-10-17-13-15-18(16-14-17)20(23)22-21(2,3)19-11-8-6-9-12-19/h6-16H,4-5H2,1-3H3,(H,22,23). The van der Waals surface area contributed by atoms with Crippen molar-refractivity contribution < 1.29 is 4.79 Å². The van der Waals surface area contributed by atoms with E-state index in [1.165, 1.54) is 0 Å². The number of rotatable bonds is 6. The minimum Gasteiger partial charge on any atom is -0.343 e. The lowest BCUT2D eigenvalue weighted by molar-refractivity contribution is 0.0912. The highest BCUT2D eigenvalue weighted by Gasteiger charge is 2.22. The van der Waals surface area contributed by atoms with Gasteiger partial charge in [-0.05, 0) is 43.5 Å². The van der Waals surface area contributed by atoms with Gasteiger partial charge in [0.2, 0.25) is 0 Å². The van der Waals surface area contributed by atoms with Gasteiger partial charge in [0.1, 0.15) is 0 Å². The van der Waals surface area contributed by atoms with Gasteiger partial charge in [0.15, 0.2) is 0 Å². The molecule has 23 heavy (non-hydrogen) atoms. The zero-order chi connectivity index (χ0) is 16.7. The summed E-state index contributed by atoms with van der Waals surface area (Å²) in [6.45, 7) is 6.19. The van der Waals surface area contributed by atoms with Crippen LogP contribution in [0.5, 0.6) is 0 Å². The van der Waals surface area contributed by atoms with E-state index in [4.69, 9.17) is 0 Å². The van der Waals surface area contributed by atoms with Gasteiger partial charge in [-0.2, -0.15) is 0 Å². The van der Waals surface area contributed by atoms with Gasteiger partial charge in [0, 0.05) is 5.56 Å². The highest BCUT2D eigenvalue weighted by molar-refractivity contribution is 5.94. The van der Waals surface area contributed by atoms with Gasteiger partial charge in [-0.25, -0.2) is 0 Å². The van der Waals surface area contributed by atoms with Crippen LogP contribution in [0.1, 0.15) is 55.1 Å². The van der Waals surface area contributed by atoms with Crippen LogP contribution in [0.2, 0.25) is 0 Å². The van der Waals surface area contributed by atoms with Crippen molar-refractivity contribution in [2.45, 2.75) is 39.2 Å². The highest BCUT2D eigenvalue weighted by Crippen LogP contribution is 2.20. The van der Waals surface area contributed by atoms with Crippen LogP contribution >= 0.6 is 0 Å². The monoisotopic (exact) mass is 307 g/mol. The van der Waals surface area contributed by atoms with Gasteiger partial charge in [0.05, 0.1) is 5.54 Å². The van der Waals surface area contributed by atoms with Crippen molar-refractivity contribution in [2.24, 2.45) is 0 Å². The molecule has 0 spiro atoms. The molecule has 2 aromatic rings. The fourth-order valence-electron chi connectivity index (χ4n) is 2.41. The lowest BCUT2D eigenvalue weighted by atomic mass is 9.94. The Morgan fingerprint density at radius 2 is 1.70 bits per heavy atom. The van der Waals surface area contributed by atoms with Crippen molar-refractivity contribution in [1.82, 2.24) is 5.32 Å². The number of carbonyl (C=O) groups excluding carboxylic acids is 1. The van der Waals surface area contributed by atoms with E-state index in [1.807, 2.05) is 68.4 Å². The lowest BCUT2D eigenvalue weighted by Crippen LogP contribution is -2.40. The zero-order valence-corrected chi connectivity index (χ0v) is 14.2. The molecule has 0 unspecified atom stereocenters. The zero-order valence-electron chi connectivity index (χ0n) is 14.2.